The summed E-state index contributed by atoms with van der Waals surface area (Å²) in [4.78, 5) is 32.6. The Hall–Kier alpha value is -3.87. The van der Waals surface area contributed by atoms with Crippen LogP contribution < -0.4 is 15.5 Å². The molecule has 0 saturated carbocycles. The summed E-state index contributed by atoms with van der Waals surface area (Å²) in [6.45, 7) is 1.82. The molecule has 0 bridgehead atoms. The predicted octanol–water partition coefficient (Wildman–Crippen LogP) is 6.13. The summed E-state index contributed by atoms with van der Waals surface area (Å²) < 4.78 is 0. The van der Waals surface area contributed by atoms with E-state index in [1.54, 1.807) is 42.7 Å². The number of carbonyl (C=O) groups excluding carboxylic acids is 2. The Morgan fingerprint density at radius 2 is 1.68 bits per heavy atom. The highest BCUT2D eigenvalue weighted by molar-refractivity contribution is 6.35. The first-order chi connectivity index (χ1) is 18.0. The maximum atomic E-state index is 13.4. The molecule has 0 saturated heterocycles. The van der Waals surface area contributed by atoms with E-state index in [9.17, 15) is 9.59 Å². The molecule has 0 fully saturated rings. The number of rotatable bonds is 6. The van der Waals surface area contributed by atoms with Gasteiger partial charge in [-0.25, -0.2) is 0 Å². The summed E-state index contributed by atoms with van der Waals surface area (Å²) in [5.74, 6) is -0.606. The van der Waals surface area contributed by atoms with Gasteiger partial charge in [0.05, 0.1) is 5.56 Å². The van der Waals surface area contributed by atoms with Crippen molar-refractivity contribution >= 4 is 46.4 Å². The Kier molecular flexibility index (Phi) is 7.40. The van der Waals surface area contributed by atoms with Crippen LogP contribution in [0.4, 0.5) is 11.4 Å². The van der Waals surface area contributed by atoms with E-state index >= 15 is 0 Å². The molecule has 8 heteroatoms. The first-order valence-electron chi connectivity index (χ1n) is 11.9. The zero-order valence-corrected chi connectivity index (χ0v) is 21.4. The van der Waals surface area contributed by atoms with E-state index in [4.69, 9.17) is 23.2 Å². The van der Waals surface area contributed by atoms with Crippen LogP contribution >= 0.6 is 23.2 Å². The number of aromatic nitrogens is 1. The Balaban J connectivity index is 1.43. The van der Waals surface area contributed by atoms with E-state index in [0.717, 1.165) is 24.2 Å². The maximum Gasteiger partial charge on any atom is 0.255 e. The van der Waals surface area contributed by atoms with Gasteiger partial charge in [0.25, 0.3) is 11.8 Å². The zero-order valence-electron chi connectivity index (χ0n) is 19.9. The maximum absolute atomic E-state index is 13.4. The standard InChI is InChI=1S/C29H24Cl2N4O2/c30-23-12-22(13-24(31)14-23)28(36)34-25-7-8-27(35-11-9-20-5-1-2-6-21(20)18-35)26(15-25)29(37)33-17-19-4-3-10-32-16-19/h1-8,10,12-16H,9,11,17-18H2,(H,33,37)(H,34,36). The summed E-state index contributed by atoms with van der Waals surface area (Å²) >= 11 is 12.1. The highest BCUT2D eigenvalue weighted by Gasteiger charge is 2.22. The van der Waals surface area contributed by atoms with Gasteiger partial charge in [0.2, 0.25) is 0 Å². The van der Waals surface area contributed by atoms with Gasteiger partial charge in [0, 0.05) is 59.0 Å². The molecule has 2 N–H and O–H groups in total. The van der Waals surface area contributed by atoms with Crippen LogP contribution in [0.5, 0.6) is 0 Å². The molecule has 0 unspecified atom stereocenters. The summed E-state index contributed by atoms with van der Waals surface area (Å²) in [5.41, 5.74) is 5.57. The van der Waals surface area contributed by atoms with Crippen LogP contribution in [-0.2, 0) is 19.5 Å². The highest BCUT2D eigenvalue weighted by Crippen LogP contribution is 2.30. The molecule has 2 heterocycles. The fraction of sp³-hybridized carbons (Fsp3) is 0.138. The average Bonchev–Trinajstić information content (AvgIpc) is 2.91. The van der Waals surface area contributed by atoms with Crippen molar-refractivity contribution < 1.29 is 9.59 Å². The number of anilines is 2. The fourth-order valence-electron chi connectivity index (χ4n) is 4.44. The second-order valence-corrected chi connectivity index (χ2v) is 9.70. The van der Waals surface area contributed by atoms with Gasteiger partial charge in [-0.2, -0.15) is 0 Å². The summed E-state index contributed by atoms with van der Waals surface area (Å²) in [5, 5.41) is 6.59. The number of fused-ring (bicyclic) bond motifs is 1. The van der Waals surface area contributed by atoms with Gasteiger partial charge in [0.15, 0.2) is 0 Å². The summed E-state index contributed by atoms with van der Waals surface area (Å²) in [6.07, 6.45) is 4.30. The van der Waals surface area contributed by atoms with Gasteiger partial charge in [0.1, 0.15) is 0 Å². The number of hydrogen-bond donors (Lipinski definition) is 2. The second kappa shape index (κ2) is 11.0. The van der Waals surface area contributed by atoms with E-state index < -0.39 is 0 Å². The number of pyridine rings is 1. The Bertz CT molecular complexity index is 1440. The molecule has 2 amide bonds. The quantitative estimate of drug-likeness (QED) is 0.314. The Labute approximate surface area is 225 Å². The fourth-order valence-corrected chi connectivity index (χ4v) is 4.97. The number of nitrogens with one attached hydrogen (secondary N) is 2. The Morgan fingerprint density at radius 3 is 2.43 bits per heavy atom. The van der Waals surface area contributed by atoms with Crippen molar-refractivity contribution in [3.05, 3.63) is 123 Å². The molecular weight excluding hydrogens is 507 g/mol. The lowest BCUT2D eigenvalue weighted by atomic mass is 9.98. The van der Waals surface area contributed by atoms with Crippen molar-refractivity contribution in [1.82, 2.24) is 10.3 Å². The SMILES string of the molecule is O=C(Nc1ccc(N2CCc3ccccc3C2)c(C(=O)NCc2cccnc2)c1)c1cc(Cl)cc(Cl)c1. The average molecular weight is 531 g/mol. The third kappa shape index (κ3) is 5.93. The largest absolute Gasteiger partial charge is 0.366 e. The number of hydrogen-bond acceptors (Lipinski definition) is 4. The number of amides is 2. The first kappa shape index (κ1) is 24.8. The van der Waals surface area contributed by atoms with Gasteiger partial charge in [-0.15, -0.1) is 0 Å². The van der Waals surface area contributed by atoms with E-state index in [0.29, 0.717) is 39.9 Å². The van der Waals surface area contributed by atoms with Crippen molar-refractivity contribution in [1.29, 1.82) is 0 Å². The molecule has 0 radical (unpaired) electrons. The van der Waals surface area contributed by atoms with Gasteiger partial charge in [-0.3, -0.25) is 14.6 Å². The molecule has 37 heavy (non-hydrogen) atoms. The molecule has 0 spiro atoms. The minimum Gasteiger partial charge on any atom is -0.366 e. The van der Waals surface area contributed by atoms with Crippen molar-refractivity contribution in [3.8, 4) is 0 Å². The molecule has 1 aliphatic heterocycles. The normalized spacial score (nSPS) is 12.5. The molecule has 1 aromatic heterocycles. The summed E-state index contributed by atoms with van der Waals surface area (Å²) in [7, 11) is 0. The molecule has 3 aromatic carbocycles. The number of nitrogens with zero attached hydrogens (tertiary/aromatic N) is 2. The smallest absolute Gasteiger partial charge is 0.255 e. The van der Waals surface area contributed by atoms with Gasteiger partial charge in [-0.05, 0) is 65.6 Å². The van der Waals surface area contributed by atoms with Crippen molar-refractivity contribution in [2.45, 2.75) is 19.5 Å². The van der Waals surface area contributed by atoms with Crippen LogP contribution in [0, 0.1) is 0 Å². The molecule has 0 aliphatic carbocycles. The number of carbonyl (C=O) groups is 2. The zero-order chi connectivity index (χ0) is 25.8. The van der Waals surface area contributed by atoms with Crippen molar-refractivity contribution in [3.63, 3.8) is 0 Å². The topological polar surface area (TPSA) is 74.3 Å². The van der Waals surface area contributed by atoms with Crippen LogP contribution in [0.2, 0.25) is 10.0 Å². The van der Waals surface area contributed by atoms with Crippen molar-refractivity contribution in [2.75, 3.05) is 16.8 Å². The van der Waals surface area contributed by atoms with Gasteiger partial charge in [-0.1, -0.05) is 53.5 Å². The number of benzene rings is 3. The van der Waals surface area contributed by atoms with Crippen molar-refractivity contribution in [2.24, 2.45) is 0 Å². The van der Waals surface area contributed by atoms with Crippen LogP contribution in [-0.4, -0.2) is 23.3 Å². The molecule has 0 atom stereocenters. The van der Waals surface area contributed by atoms with E-state index in [1.807, 2.05) is 24.3 Å². The lowest BCUT2D eigenvalue weighted by molar-refractivity contribution is 0.0950. The van der Waals surface area contributed by atoms with Gasteiger partial charge >= 0.3 is 0 Å². The third-order valence-corrected chi connectivity index (χ3v) is 6.71. The molecule has 6 nitrogen and oxygen atoms in total. The van der Waals surface area contributed by atoms with Gasteiger partial charge < -0.3 is 15.5 Å². The molecule has 5 rings (SSSR count). The first-order valence-corrected chi connectivity index (χ1v) is 12.6. The predicted molar refractivity (Wildman–Crippen MR) is 147 cm³/mol. The van der Waals surface area contributed by atoms with Crippen LogP contribution in [0.15, 0.2) is 85.2 Å². The van der Waals surface area contributed by atoms with Crippen LogP contribution in [0.25, 0.3) is 0 Å². The summed E-state index contributed by atoms with van der Waals surface area (Å²) in [6, 6.07) is 22.1. The molecular formula is C29H24Cl2N4O2. The van der Waals surface area contributed by atoms with Crippen LogP contribution in [0.1, 0.15) is 37.4 Å². The van der Waals surface area contributed by atoms with Crippen LogP contribution in [0.3, 0.4) is 0 Å². The lowest BCUT2D eigenvalue weighted by Crippen LogP contribution is -2.33. The minimum absolute atomic E-state index is 0.236. The second-order valence-electron chi connectivity index (χ2n) is 8.83. The molecule has 1 aliphatic rings. The van der Waals surface area contributed by atoms with E-state index in [2.05, 4.69) is 38.7 Å². The lowest BCUT2D eigenvalue weighted by Gasteiger charge is -2.32. The third-order valence-electron chi connectivity index (χ3n) is 6.27. The minimum atomic E-state index is -0.370. The van der Waals surface area contributed by atoms with E-state index in [-0.39, 0.29) is 11.8 Å². The molecule has 186 valence electrons. The Morgan fingerprint density at radius 1 is 0.892 bits per heavy atom. The van der Waals surface area contributed by atoms with E-state index in [1.165, 1.54) is 11.1 Å². The molecule has 4 aromatic rings. The number of halogens is 2. The monoisotopic (exact) mass is 530 g/mol. The highest BCUT2D eigenvalue weighted by atomic mass is 35.5.